The Bertz CT molecular complexity index is 578. The number of carboxylic acid groups (broad SMARTS) is 1. The van der Waals surface area contributed by atoms with Crippen molar-refractivity contribution >= 4 is 11.5 Å². The van der Waals surface area contributed by atoms with Crippen molar-refractivity contribution in [1.29, 1.82) is 0 Å². The molecule has 2 N–H and O–H groups in total. The van der Waals surface area contributed by atoms with Gasteiger partial charge in [-0.2, -0.15) is 0 Å². The number of piperidine rings is 1. The van der Waals surface area contributed by atoms with Crippen LogP contribution in [0.25, 0.3) is 5.52 Å². The first-order valence-electron chi connectivity index (χ1n) is 6.13. The van der Waals surface area contributed by atoms with Crippen molar-refractivity contribution in [2.75, 3.05) is 6.54 Å². The fourth-order valence-corrected chi connectivity index (χ4v) is 2.63. The summed E-state index contributed by atoms with van der Waals surface area (Å²) in [7, 11) is 0. The summed E-state index contributed by atoms with van der Waals surface area (Å²) in [6, 6.07) is 4.15. The van der Waals surface area contributed by atoms with Gasteiger partial charge in [0.25, 0.3) is 0 Å². The summed E-state index contributed by atoms with van der Waals surface area (Å²) >= 11 is 0. The normalized spacial score (nSPS) is 24.2. The molecule has 0 spiro atoms. The van der Waals surface area contributed by atoms with Crippen molar-refractivity contribution in [3.05, 3.63) is 36.4 Å². The number of rotatable bonds is 2. The maximum Gasteiger partial charge on any atom is 0.306 e. The Morgan fingerprint density at radius 1 is 1.50 bits per heavy atom. The zero-order chi connectivity index (χ0) is 12.5. The lowest BCUT2D eigenvalue weighted by Gasteiger charge is -2.28. The fourth-order valence-electron chi connectivity index (χ4n) is 2.63. The standard InChI is InChI=1S/C13H15N3O2/c17-13(18)9-3-4-15-11(7-9)12-2-1-10-8-14-5-6-16(10)12/h1-2,5-6,8-9,11,15H,3-4,7H2,(H,17,18). The number of carboxylic acids is 1. The Hall–Kier alpha value is -1.88. The van der Waals surface area contributed by atoms with Gasteiger partial charge in [-0.15, -0.1) is 0 Å². The number of nitrogens with one attached hydrogen (secondary N) is 1. The van der Waals surface area contributed by atoms with Crippen LogP contribution in [0.2, 0.25) is 0 Å². The molecule has 3 rings (SSSR count). The van der Waals surface area contributed by atoms with Crippen LogP contribution in [0.3, 0.4) is 0 Å². The van der Waals surface area contributed by atoms with Crippen molar-refractivity contribution in [3.63, 3.8) is 0 Å². The van der Waals surface area contributed by atoms with Crippen LogP contribution in [-0.2, 0) is 4.79 Å². The van der Waals surface area contributed by atoms with Crippen LogP contribution in [0.4, 0.5) is 0 Å². The lowest BCUT2D eigenvalue weighted by atomic mass is 9.91. The zero-order valence-electron chi connectivity index (χ0n) is 9.91. The molecule has 0 saturated carbocycles. The number of carbonyl (C=O) groups is 1. The molecule has 18 heavy (non-hydrogen) atoms. The van der Waals surface area contributed by atoms with Gasteiger partial charge in [0.2, 0.25) is 0 Å². The molecule has 2 aromatic heterocycles. The van der Waals surface area contributed by atoms with Gasteiger partial charge in [-0.1, -0.05) is 0 Å². The van der Waals surface area contributed by atoms with Crippen LogP contribution in [0.5, 0.6) is 0 Å². The average Bonchev–Trinajstić information content (AvgIpc) is 2.82. The lowest BCUT2D eigenvalue weighted by Crippen LogP contribution is -2.35. The van der Waals surface area contributed by atoms with Gasteiger partial charge >= 0.3 is 5.97 Å². The fraction of sp³-hybridized carbons (Fsp3) is 0.385. The molecule has 1 saturated heterocycles. The van der Waals surface area contributed by atoms with E-state index in [9.17, 15) is 4.79 Å². The number of hydrogen-bond acceptors (Lipinski definition) is 3. The van der Waals surface area contributed by atoms with Gasteiger partial charge in [-0.3, -0.25) is 9.78 Å². The molecule has 0 aromatic carbocycles. The predicted molar refractivity (Wildman–Crippen MR) is 66.3 cm³/mol. The van der Waals surface area contributed by atoms with Crippen molar-refractivity contribution in [1.82, 2.24) is 14.7 Å². The highest BCUT2D eigenvalue weighted by atomic mass is 16.4. The number of aliphatic carboxylic acids is 1. The van der Waals surface area contributed by atoms with Gasteiger partial charge in [0.1, 0.15) is 0 Å². The molecular formula is C13H15N3O2. The molecule has 0 bridgehead atoms. The molecule has 2 aromatic rings. The van der Waals surface area contributed by atoms with Gasteiger partial charge in [0.15, 0.2) is 0 Å². The van der Waals surface area contributed by atoms with Crippen molar-refractivity contribution in [3.8, 4) is 0 Å². The predicted octanol–water partition coefficient (Wildman–Crippen LogP) is 1.46. The van der Waals surface area contributed by atoms with Crippen LogP contribution < -0.4 is 5.32 Å². The van der Waals surface area contributed by atoms with Gasteiger partial charge in [-0.05, 0) is 31.5 Å². The maximum atomic E-state index is 11.1. The number of nitrogens with zero attached hydrogens (tertiary/aromatic N) is 2. The minimum atomic E-state index is -0.691. The summed E-state index contributed by atoms with van der Waals surface area (Å²) in [5.41, 5.74) is 2.14. The van der Waals surface area contributed by atoms with Gasteiger partial charge in [0, 0.05) is 24.1 Å². The molecule has 2 unspecified atom stereocenters. The number of hydrogen-bond donors (Lipinski definition) is 2. The van der Waals surface area contributed by atoms with Crippen LogP contribution in [0.15, 0.2) is 30.7 Å². The molecule has 1 aliphatic rings. The Kier molecular flexibility index (Phi) is 2.76. The Morgan fingerprint density at radius 2 is 2.39 bits per heavy atom. The highest BCUT2D eigenvalue weighted by Gasteiger charge is 2.28. The molecule has 0 amide bonds. The lowest BCUT2D eigenvalue weighted by molar-refractivity contribution is -0.143. The average molecular weight is 245 g/mol. The number of aromatic nitrogens is 2. The number of fused-ring (bicyclic) bond motifs is 1. The Morgan fingerprint density at radius 3 is 3.22 bits per heavy atom. The van der Waals surface area contributed by atoms with Crippen molar-refractivity contribution < 1.29 is 9.90 Å². The topological polar surface area (TPSA) is 66.6 Å². The highest BCUT2D eigenvalue weighted by molar-refractivity contribution is 5.70. The summed E-state index contributed by atoms with van der Waals surface area (Å²) in [6.07, 6.45) is 6.81. The first-order valence-corrected chi connectivity index (χ1v) is 6.13. The van der Waals surface area contributed by atoms with E-state index in [1.807, 2.05) is 18.3 Å². The molecule has 94 valence electrons. The first kappa shape index (κ1) is 11.2. The zero-order valence-corrected chi connectivity index (χ0v) is 9.91. The third-order valence-electron chi connectivity index (χ3n) is 3.60. The van der Waals surface area contributed by atoms with Gasteiger partial charge in [0.05, 0.1) is 17.6 Å². The summed E-state index contributed by atoms with van der Waals surface area (Å²) in [6.45, 7) is 0.750. The first-order chi connectivity index (χ1) is 8.75. The van der Waals surface area contributed by atoms with Crippen molar-refractivity contribution in [2.45, 2.75) is 18.9 Å². The smallest absolute Gasteiger partial charge is 0.306 e. The molecule has 3 heterocycles. The molecule has 2 atom stereocenters. The van der Waals surface area contributed by atoms with E-state index in [-0.39, 0.29) is 12.0 Å². The summed E-state index contributed by atoms with van der Waals surface area (Å²) < 4.78 is 2.06. The van der Waals surface area contributed by atoms with Crippen molar-refractivity contribution in [2.24, 2.45) is 5.92 Å². The monoisotopic (exact) mass is 245 g/mol. The quantitative estimate of drug-likeness (QED) is 0.840. The molecular weight excluding hydrogens is 230 g/mol. The van der Waals surface area contributed by atoms with E-state index < -0.39 is 5.97 Å². The highest BCUT2D eigenvalue weighted by Crippen LogP contribution is 2.28. The van der Waals surface area contributed by atoms with E-state index in [1.54, 1.807) is 12.4 Å². The summed E-state index contributed by atoms with van der Waals surface area (Å²) in [5, 5.41) is 12.5. The minimum absolute atomic E-state index is 0.102. The SMILES string of the molecule is O=C(O)C1CCNC(c2ccc3cnccn23)C1. The molecule has 5 heteroatoms. The largest absolute Gasteiger partial charge is 0.481 e. The molecule has 5 nitrogen and oxygen atoms in total. The molecule has 1 aliphatic heterocycles. The second-order valence-electron chi connectivity index (χ2n) is 4.70. The maximum absolute atomic E-state index is 11.1. The third kappa shape index (κ3) is 1.86. The molecule has 0 radical (unpaired) electrons. The van der Waals surface area contributed by atoms with E-state index in [2.05, 4.69) is 14.7 Å². The van der Waals surface area contributed by atoms with Crippen LogP contribution in [0.1, 0.15) is 24.6 Å². The second-order valence-corrected chi connectivity index (χ2v) is 4.70. The minimum Gasteiger partial charge on any atom is -0.481 e. The summed E-state index contributed by atoms with van der Waals surface area (Å²) in [5.74, 6) is -0.937. The van der Waals surface area contributed by atoms with E-state index >= 15 is 0 Å². The van der Waals surface area contributed by atoms with E-state index in [1.165, 1.54) is 0 Å². The van der Waals surface area contributed by atoms with E-state index in [4.69, 9.17) is 5.11 Å². The van der Waals surface area contributed by atoms with Gasteiger partial charge in [-0.25, -0.2) is 0 Å². The molecule has 1 fully saturated rings. The Labute approximate surface area is 104 Å². The van der Waals surface area contributed by atoms with Crippen LogP contribution >= 0.6 is 0 Å². The van der Waals surface area contributed by atoms with E-state index in [0.717, 1.165) is 17.8 Å². The summed E-state index contributed by atoms with van der Waals surface area (Å²) in [4.78, 5) is 15.2. The van der Waals surface area contributed by atoms with E-state index in [0.29, 0.717) is 12.8 Å². The Balaban J connectivity index is 1.92. The third-order valence-corrected chi connectivity index (χ3v) is 3.60. The second kappa shape index (κ2) is 4.42. The van der Waals surface area contributed by atoms with Crippen LogP contribution in [0, 0.1) is 5.92 Å². The molecule has 0 aliphatic carbocycles. The van der Waals surface area contributed by atoms with Crippen LogP contribution in [-0.4, -0.2) is 27.0 Å². The van der Waals surface area contributed by atoms with Gasteiger partial charge < -0.3 is 14.8 Å².